The van der Waals surface area contributed by atoms with E-state index in [9.17, 15) is 45.3 Å². The lowest BCUT2D eigenvalue weighted by atomic mass is 9.98. The van der Waals surface area contributed by atoms with Crippen molar-refractivity contribution >= 4 is 11.9 Å². The SMILES string of the molecule is O=C(O)CCC(=O)O[C@H]1[C@@H](O[C@H]2O[C@H](CO)[C@@H](O)[C@H](O)[C@H]2O)O[C@H](CO)[C@@H](O)[C@@H]1O. The van der Waals surface area contributed by atoms with Crippen LogP contribution in [-0.4, -0.2) is 127 Å². The first-order chi connectivity index (χ1) is 14.1. The minimum atomic E-state index is -1.84. The van der Waals surface area contributed by atoms with Crippen LogP contribution in [0.5, 0.6) is 0 Å². The van der Waals surface area contributed by atoms with Crippen LogP contribution in [0, 0.1) is 0 Å². The number of esters is 1. The summed E-state index contributed by atoms with van der Waals surface area (Å²) in [6, 6.07) is 0. The van der Waals surface area contributed by atoms with Crippen molar-refractivity contribution in [2.24, 2.45) is 0 Å². The summed E-state index contributed by atoms with van der Waals surface area (Å²) in [5, 5.41) is 77.2. The maximum absolute atomic E-state index is 11.9. The molecule has 2 rings (SSSR count). The number of hydrogen-bond donors (Lipinski definition) is 8. The second-order valence-electron chi connectivity index (χ2n) is 6.89. The molecule has 0 spiro atoms. The first-order valence-corrected chi connectivity index (χ1v) is 9.10. The van der Waals surface area contributed by atoms with Gasteiger partial charge in [0, 0.05) is 0 Å². The van der Waals surface area contributed by atoms with Crippen LogP contribution < -0.4 is 0 Å². The molecule has 2 aliphatic heterocycles. The number of ether oxygens (including phenoxy) is 4. The molecule has 14 heteroatoms. The average molecular weight is 442 g/mol. The van der Waals surface area contributed by atoms with E-state index in [2.05, 4.69) is 0 Å². The molecule has 0 aliphatic carbocycles. The van der Waals surface area contributed by atoms with Crippen molar-refractivity contribution in [2.75, 3.05) is 13.2 Å². The van der Waals surface area contributed by atoms with Crippen LogP contribution in [-0.2, 0) is 28.5 Å². The molecule has 0 bridgehead atoms. The van der Waals surface area contributed by atoms with Gasteiger partial charge in [-0.15, -0.1) is 0 Å². The Morgan fingerprint density at radius 1 is 0.733 bits per heavy atom. The number of rotatable bonds is 8. The summed E-state index contributed by atoms with van der Waals surface area (Å²) in [7, 11) is 0. The number of carboxylic acid groups (broad SMARTS) is 1. The standard InChI is InChI=1S/C16H26O14/c17-3-5-9(22)11(24)13(26)15(27-5)30-16-14(29-8(21)2-1-7(19)20)12(25)10(23)6(4-18)28-16/h5-6,9-18,22-26H,1-4H2,(H,19,20)/t5-,6-,9-,10-,11+,12+,13-,14-,15-,16-/m1/s1. The van der Waals surface area contributed by atoms with Gasteiger partial charge < -0.3 is 59.8 Å². The number of aliphatic carboxylic acids is 1. The Hall–Kier alpha value is -1.46. The van der Waals surface area contributed by atoms with Gasteiger partial charge in [-0.3, -0.25) is 9.59 Å². The highest BCUT2D eigenvalue weighted by Crippen LogP contribution is 2.29. The van der Waals surface area contributed by atoms with Gasteiger partial charge in [0.25, 0.3) is 0 Å². The van der Waals surface area contributed by atoms with Gasteiger partial charge in [-0.2, -0.15) is 0 Å². The van der Waals surface area contributed by atoms with Gasteiger partial charge in [0.15, 0.2) is 12.4 Å². The average Bonchev–Trinajstić information content (AvgIpc) is 2.71. The van der Waals surface area contributed by atoms with Gasteiger partial charge in [-0.25, -0.2) is 0 Å². The molecule has 0 aromatic carbocycles. The largest absolute Gasteiger partial charge is 0.481 e. The molecule has 14 nitrogen and oxygen atoms in total. The Morgan fingerprint density at radius 3 is 1.80 bits per heavy atom. The second kappa shape index (κ2) is 10.7. The molecule has 0 unspecified atom stereocenters. The van der Waals surface area contributed by atoms with Crippen molar-refractivity contribution in [1.29, 1.82) is 0 Å². The molecule has 30 heavy (non-hydrogen) atoms. The highest BCUT2D eigenvalue weighted by molar-refractivity contribution is 5.76. The first kappa shape index (κ1) is 24.8. The Kier molecular flexibility index (Phi) is 8.86. The predicted octanol–water partition coefficient (Wildman–Crippen LogP) is -4.98. The normalized spacial score (nSPS) is 42.0. The molecule has 0 radical (unpaired) electrons. The molecule has 2 heterocycles. The Balaban J connectivity index is 2.17. The highest BCUT2D eigenvalue weighted by atomic mass is 16.8. The lowest BCUT2D eigenvalue weighted by molar-refractivity contribution is -0.376. The number of carboxylic acids is 1. The van der Waals surface area contributed by atoms with Crippen molar-refractivity contribution in [3.8, 4) is 0 Å². The maximum atomic E-state index is 11.9. The number of aliphatic hydroxyl groups is 7. The predicted molar refractivity (Wildman–Crippen MR) is 89.4 cm³/mol. The van der Waals surface area contributed by atoms with Crippen molar-refractivity contribution < 1.29 is 69.4 Å². The van der Waals surface area contributed by atoms with Crippen LogP contribution in [0.15, 0.2) is 0 Å². The van der Waals surface area contributed by atoms with Crippen LogP contribution in [0.3, 0.4) is 0 Å². The monoisotopic (exact) mass is 442 g/mol. The topological polar surface area (TPSA) is 233 Å². The molecular formula is C16H26O14. The minimum absolute atomic E-state index is 0.565. The molecule has 2 fully saturated rings. The summed E-state index contributed by atoms with van der Waals surface area (Å²) < 4.78 is 20.7. The van der Waals surface area contributed by atoms with Gasteiger partial charge in [-0.05, 0) is 0 Å². The van der Waals surface area contributed by atoms with E-state index in [1.165, 1.54) is 0 Å². The molecule has 2 aliphatic rings. The fraction of sp³-hybridized carbons (Fsp3) is 0.875. The van der Waals surface area contributed by atoms with Gasteiger partial charge in [0.2, 0.25) is 6.29 Å². The van der Waals surface area contributed by atoms with Crippen LogP contribution in [0.1, 0.15) is 12.8 Å². The number of aliphatic hydroxyl groups excluding tert-OH is 7. The minimum Gasteiger partial charge on any atom is -0.481 e. The van der Waals surface area contributed by atoms with Gasteiger partial charge in [-0.1, -0.05) is 0 Å². The summed E-state index contributed by atoms with van der Waals surface area (Å²) >= 11 is 0. The summed E-state index contributed by atoms with van der Waals surface area (Å²) in [5.41, 5.74) is 0. The second-order valence-corrected chi connectivity index (χ2v) is 6.89. The Bertz CT molecular complexity index is 584. The van der Waals surface area contributed by atoms with Crippen LogP contribution in [0.4, 0.5) is 0 Å². The van der Waals surface area contributed by atoms with E-state index < -0.39 is 99.4 Å². The third-order valence-electron chi connectivity index (χ3n) is 4.75. The van der Waals surface area contributed by atoms with Crippen molar-refractivity contribution in [3.63, 3.8) is 0 Å². The number of carbonyl (C=O) groups excluding carboxylic acids is 1. The first-order valence-electron chi connectivity index (χ1n) is 9.10. The molecule has 174 valence electrons. The molecular weight excluding hydrogens is 416 g/mol. The van der Waals surface area contributed by atoms with Crippen LogP contribution in [0.2, 0.25) is 0 Å². The summed E-state index contributed by atoms with van der Waals surface area (Å²) in [6.45, 7) is -1.52. The third-order valence-corrected chi connectivity index (χ3v) is 4.75. The molecule has 0 saturated carbocycles. The maximum Gasteiger partial charge on any atom is 0.306 e. The molecule has 0 aromatic heterocycles. The zero-order valence-electron chi connectivity index (χ0n) is 15.6. The van der Waals surface area contributed by atoms with Crippen molar-refractivity contribution in [3.05, 3.63) is 0 Å². The summed E-state index contributed by atoms with van der Waals surface area (Å²) in [4.78, 5) is 22.5. The zero-order valence-corrected chi connectivity index (χ0v) is 15.6. The highest BCUT2D eigenvalue weighted by Gasteiger charge is 2.51. The van der Waals surface area contributed by atoms with E-state index in [1.807, 2.05) is 0 Å². The van der Waals surface area contributed by atoms with E-state index in [-0.39, 0.29) is 0 Å². The Morgan fingerprint density at radius 2 is 1.27 bits per heavy atom. The number of carbonyl (C=O) groups is 2. The van der Waals surface area contributed by atoms with E-state index in [0.717, 1.165) is 0 Å². The quantitative estimate of drug-likeness (QED) is 0.164. The molecule has 0 aromatic rings. The van der Waals surface area contributed by atoms with Crippen molar-refractivity contribution in [1.82, 2.24) is 0 Å². The smallest absolute Gasteiger partial charge is 0.306 e. The van der Waals surface area contributed by atoms with Crippen LogP contribution >= 0.6 is 0 Å². The Labute approximate surface area is 169 Å². The molecule has 8 N–H and O–H groups in total. The molecule has 0 amide bonds. The summed E-state index contributed by atoms with van der Waals surface area (Å²) in [6.07, 6.45) is -17.9. The lowest BCUT2D eigenvalue weighted by Crippen LogP contribution is -2.64. The van der Waals surface area contributed by atoms with Crippen molar-refractivity contribution in [2.45, 2.75) is 74.3 Å². The number of hydrogen-bond acceptors (Lipinski definition) is 13. The third kappa shape index (κ3) is 5.61. The zero-order chi connectivity index (χ0) is 22.6. The van der Waals surface area contributed by atoms with Gasteiger partial charge >= 0.3 is 11.9 Å². The lowest BCUT2D eigenvalue weighted by Gasteiger charge is -2.45. The van der Waals surface area contributed by atoms with E-state index in [4.69, 9.17) is 24.1 Å². The fourth-order valence-corrected chi connectivity index (χ4v) is 3.02. The fourth-order valence-electron chi connectivity index (χ4n) is 3.02. The van der Waals surface area contributed by atoms with E-state index in [0.29, 0.717) is 0 Å². The van der Waals surface area contributed by atoms with Gasteiger partial charge in [0.05, 0.1) is 26.1 Å². The van der Waals surface area contributed by atoms with Gasteiger partial charge in [0.1, 0.15) is 42.7 Å². The van der Waals surface area contributed by atoms with E-state index >= 15 is 0 Å². The molecule has 10 atom stereocenters. The van der Waals surface area contributed by atoms with E-state index in [1.54, 1.807) is 0 Å². The summed E-state index contributed by atoms with van der Waals surface area (Å²) in [5.74, 6) is -2.34. The molecule has 2 saturated heterocycles. The van der Waals surface area contributed by atoms with Crippen LogP contribution in [0.25, 0.3) is 0 Å².